The van der Waals surface area contributed by atoms with Crippen molar-refractivity contribution < 1.29 is 14.7 Å². The van der Waals surface area contributed by atoms with Crippen molar-refractivity contribution in [3.8, 4) is 0 Å². The SMILES string of the molecule is CSCCCCNC(=O)N1CC(CC(=O)O)C1. The highest BCUT2D eigenvalue weighted by molar-refractivity contribution is 7.98. The molecule has 0 radical (unpaired) electrons. The Hall–Kier alpha value is -0.910. The van der Waals surface area contributed by atoms with Gasteiger partial charge in [-0.1, -0.05) is 0 Å². The van der Waals surface area contributed by atoms with Gasteiger partial charge in [-0.3, -0.25) is 4.79 Å². The second-order valence-corrected chi connectivity index (χ2v) is 5.29. The molecule has 2 N–H and O–H groups in total. The number of nitrogens with zero attached hydrogens (tertiary/aromatic N) is 1. The Labute approximate surface area is 106 Å². The lowest BCUT2D eigenvalue weighted by Crippen LogP contribution is -2.54. The van der Waals surface area contributed by atoms with Crippen LogP contribution in [0.1, 0.15) is 19.3 Å². The van der Waals surface area contributed by atoms with Gasteiger partial charge < -0.3 is 15.3 Å². The number of urea groups is 1. The van der Waals surface area contributed by atoms with E-state index in [-0.39, 0.29) is 18.4 Å². The zero-order valence-corrected chi connectivity index (χ0v) is 11.0. The molecule has 1 aliphatic heterocycles. The number of rotatable bonds is 7. The first-order valence-corrected chi connectivity index (χ1v) is 7.26. The quantitative estimate of drug-likeness (QED) is 0.676. The summed E-state index contributed by atoms with van der Waals surface area (Å²) in [7, 11) is 0. The average Bonchev–Trinajstić information content (AvgIpc) is 2.22. The maximum atomic E-state index is 11.6. The number of hydrogen-bond donors (Lipinski definition) is 2. The van der Waals surface area contributed by atoms with Crippen molar-refractivity contribution in [2.24, 2.45) is 5.92 Å². The Bertz CT molecular complexity index is 267. The molecule has 98 valence electrons. The summed E-state index contributed by atoms with van der Waals surface area (Å²) < 4.78 is 0. The van der Waals surface area contributed by atoms with Crippen molar-refractivity contribution in [1.29, 1.82) is 0 Å². The van der Waals surface area contributed by atoms with E-state index >= 15 is 0 Å². The minimum Gasteiger partial charge on any atom is -0.481 e. The average molecular weight is 260 g/mol. The van der Waals surface area contributed by atoms with Gasteiger partial charge in [0.1, 0.15) is 0 Å². The molecule has 1 saturated heterocycles. The highest BCUT2D eigenvalue weighted by Gasteiger charge is 2.31. The highest BCUT2D eigenvalue weighted by Crippen LogP contribution is 2.18. The van der Waals surface area contributed by atoms with E-state index in [1.54, 1.807) is 4.90 Å². The third-order valence-corrected chi connectivity index (χ3v) is 3.46. The molecule has 1 fully saturated rings. The number of carbonyl (C=O) groups is 2. The van der Waals surface area contributed by atoms with Crippen LogP contribution < -0.4 is 5.32 Å². The number of nitrogens with one attached hydrogen (secondary N) is 1. The molecule has 0 aliphatic carbocycles. The topological polar surface area (TPSA) is 69.6 Å². The Balaban J connectivity index is 2.01. The fraction of sp³-hybridized carbons (Fsp3) is 0.818. The zero-order chi connectivity index (χ0) is 12.7. The van der Waals surface area contributed by atoms with Crippen molar-refractivity contribution in [3.05, 3.63) is 0 Å². The maximum absolute atomic E-state index is 11.6. The van der Waals surface area contributed by atoms with E-state index in [0.717, 1.165) is 18.6 Å². The lowest BCUT2D eigenvalue weighted by atomic mass is 9.97. The van der Waals surface area contributed by atoms with Crippen LogP contribution in [-0.2, 0) is 4.79 Å². The summed E-state index contributed by atoms with van der Waals surface area (Å²) in [5.74, 6) is 0.474. The van der Waals surface area contributed by atoms with E-state index in [2.05, 4.69) is 11.6 Å². The van der Waals surface area contributed by atoms with Gasteiger partial charge in [0, 0.05) is 25.6 Å². The summed E-state index contributed by atoms with van der Waals surface area (Å²) in [4.78, 5) is 23.7. The van der Waals surface area contributed by atoms with Gasteiger partial charge in [0.05, 0.1) is 6.42 Å². The Morgan fingerprint density at radius 1 is 1.41 bits per heavy atom. The molecule has 0 unspecified atom stereocenters. The van der Waals surface area contributed by atoms with Crippen LogP contribution in [0.5, 0.6) is 0 Å². The van der Waals surface area contributed by atoms with Crippen LogP contribution in [0.15, 0.2) is 0 Å². The summed E-state index contributed by atoms with van der Waals surface area (Å²) in [5.41, 5.74) is 0. The second-order valence-electron chi connectivity index (χ2n) is 4.30. The predicted octanol–water partition coefficient (Wildman–Crippen LogP) is 1.25. The van der Waals surface area contributed by atoms with Gasteiger partial charge in [0.25, 0.3) is 0 Å². The number of thioether (sulfide) groups is 1. The smallest absolute Gasteiger partial charge is 0.317 e. The van der Waals surface area contributed by atoms with E-state index in [9.17, 15) is 9.59 Å². The van der Waals surface area contributed by atoms with Crippen molar-refractivity contribution in [1.82, 2.24) is 10.2 Å². The minimum absolute atomic E-state index is 0.0595. The zero-order valence-electron chi connectivity index (χ0n) is 10.1. The molecular weight excluding hydrogens is 240 g/mol. The normalized spacial score (nSPS) is 15.5. The lowest BCUT2D eigenvalue weighted by Gasteiger charge is -2.38. The molecule has 17 heavy (non-hydrogen) atoms. The number of carboxylic acids is 1. The van der Waals surface area contributed by atoms with E-state index < -0.39 is 5.97 Å². The van der Waals surface area contributed by atoms with Crippen molar-refractivity contribution in [3.63, 3.8) is 0 Å². The van der Waals surface area contributed by atoms with Gasteiger partial charge in [0.2, 0.25) is 0 Å². The molecule has 5 nitrogen and oxygen atoms in total. The van der Waals surface area contributed by atoms with Crippen LogP contribution in [0, 0.1) is 5.92 Å². The number of carboxylic acid groups (broad SMARTS) is 1. The Kier molecular flexibility index (Phi) is 6.18. The van der Waals surface area contributed by atoms with Gasteiger partial charge in [-0.15, -0.1) is 0 Å². The van der Waals surface area contributed by atoms with Crippen LogP contribution in [0.4, 0.5) is 4.79 Å². The first-order chi connectivity index (χ1) is 8.13. The number of likely N-dealkylation sites (tertiary alicyclic amines) is 1. The lowest BCUT2D eigenvalue weighted by molar-refractivity contribution is -0.139. The molecule has 1 heterocycles. The molecule has 0 bridgehead atoms. The molecule has 0 aromatic rings. The monoisotopic (exact) mass is 260 g/mol. The van der Waals surface area contributed by atoms with Crippen LogP contribution in [0.2, 0.25) is 0 Å². The minimum atomic E-state index is -0.785. The first-order valence-electron chi connectivity index (χ1n) is 5.87. The number of amides is 2. The van der Waals surface area contributed by atoms with Crippen molar-refractivity contribution in [2.45, 2.75) is 19.3 Å². The van der Waals surface area contributed by atoms with Crippen LogP contribution in [0.3, 0.4) is 0 Å². The number of hydrogen-bond acceptors (Lipinski definition) is 3. The number of aliphatic carboxylic acids is 1. The summed E-state index contributed by atoms with van der Waals surface area (Å²) in [5, 5.41) is 11.4. The predicted molar refractivity (Wildman–Crippen MR) is 68.3 cm³/mol. The van der Waals surface area contributed by atoms with Crippen LogP contribution in [0.25, 0.3) is 0 Å². The van der Waals surface area contributed by atoms with E-state index in [1.807, 2.05) is 11.8 Å². The summed E-state index contributed by atoms with van der Waals surface area (Å²) >= 11 is 1.81. The van der Waals surface area contributed by atoms with Crippen molar-refractivity contribution in [2.75, 3.05) is 31.6 Å². The Morgan fingerprint density at radius 3 is 2.71 bits per heavy atom. The molecule has 0 saturated carbocycles. The molecule has 2 amide bonds. The molecule has 1 aliphatic rings. The fourth-order valence-electron chi connectivity index (χ4n) is 1.79. The molecular formula is C11H20N2O3S. The Morgan fingerprint density at radius 2 is 2.12 bits per heavy atom. The van der Waals surface area contributed by atoms with Crippen LogP contribution in [-0.4, -0.2) is 53.6 Å². The van der Waals surface area contributed by atoms with Gasteiger partial charge >= 0.3 is 12.0 Å². The molecule has 1 rings (SSSR count). The van der Waals surface area contributed by atoms with Crippen molar-refractivity contribution >= 4 is 23.8 Å². The third kappa shape index (κ3) is 5.30. The largest absolute Gasteiger partial charge is 0.481 e. The fourth-order valence-corrected chi connectivity index (χ4v) is 2.28. The molecule has 0 aromatic heterocycles. The molecule has 0 atom stereocenters. The van der Waals surface area contributed by atoms with E-state index in [1.165, 1.54) is 0 Å². The standard InChI is InChI=1S/C11H20N2O3S/c1-17-5-3-2-4-12-11(16)13-7-9(8-13)6-10(14)15/h9H,2-8H2,1H3,(H,12,16)(H,14,15). The third-order valence-electron chi connectivity index (χ3n) is 2.76. The molecule has 0 spiro atoms. The second kappa shape index (κ2) is 7.42. The highest BCUT2D eigenvalue weighted by atomic mass is 32.2. The summed E-state index contributed by atoms with van der Waals surface area (Å²) in [6.45, 7) is 1.85. The number of carbonyl (C=O) groups excluding carboxylic acids is 1. The van der Waals surface area contributed by atoms with Gasteiger partial charge in [-0.2, -0.15) is 11.8 Å². The van der Waals surface area contributed by atoms with Gasteiger partial charge in [-0.25, -0.2) is 4.79 Å². The van der Waals surface area contributed by atoms with E-state index in [0.29, 0.717) is 19.6 Å². The van der Waals surface area contributed by atoms with Crippen LogP contribution >= 0.6 is 11.8 Å². The molecule has 6 heteroatoms. The summed E-state index contributed by atoms with van der Waals surface area (Å²) in [6.07, 6.45) is 4.35. The maximum Gasteiger partial charge on any atom is 0.317 e. The van der Waals surface area contributed by atoms with Gasteiger partial charge in [-0.05, 0) is 24.9 Å². The summed E-state index contributed by atoms with van der Waals surface area (Å²) in [6, 6.07) is -0.0595. The molecule has 0 aromatic carbocycles. The number of unbranched alkanes of at least 4 members (excludes halogenated alkanes) is 1. The van der Waals surface area contributed by atoms with Gasteiger partial charge in [0.15, 0.2) is 0 Å². The van der Waals surface area contributed by atoms with E-state index in [4.69, 9.17) is 5.11 Å². The first kappa shape index (κ1) is 14.2.